The van der Waals surface area contributed by atoms with Crippen molar-refractivity contribution < 1.29 is 5.11 Å². The van der Waals surface area contributed by atoms with Crippen molar-refractivity contribution in [3.8, 4) is 23.7 Å². The van der Waals surface area contributed by atoms with Crippen molar-refractivity contribution in [1.82, 2.24) is 0 Å². The van der Waals surface area contributed by atoms with E-state index in [2.05, 4.69) is 51.4 Å². The molecule has 0 fully saturated rings. The number of unbranched alkanes of at least 4 members (excludes halogenated alkanes) is 6. The van der Waals surface area contributed by atoms with Gasteiger partial charge in [0.1, 0.15) is 0 Å². The van der Waals surface area contributed by atoms with Crippen LogP contribution in [-0.4, -0.2) is 10.7 Å². The molecular formula is C24H38O. The normalized spacial score (nSPS) is 14.0. The molecule has 0 aliphatic heterocycles. The summed E-state index contributed by atoms with van der Waals surface area (Å²) in [6, 6.07) is 0. The molecule has 0 saturated heterocycles. The van der Waals surface area contributed by atoms with E-state index in [1.165, 1.54) is 36.8 Å². The zero-order chi connectivity index (χ0) is 18.5. The molecule has 0 spiro atoms. The van der Waals surface area contributed by atoms with Crippen LogP contribution in [0.3, 0.4) is 0 Å². The van der Waals surface area contributed by atoms with Crippen LogP contribution in [0.2, 0.25) is 0 Å². The van der Waals surface area contributed by atoms with Crippen LogP contribution >= 0.6 is 0 Å². The molecule has 0 heterocycles. The average molecular weight is 343 g/mol. The van der Waals surface area contributed by atoms with Crippen LogP contribution in [0.1, 0.15) is 105 Å². The molecule has 0 unspecified atom stereocenters. The minimum absolute atomic E-state index is 0.105. The van der Waals surface area contributed by atoms with Gasteiger partial charge in [-0.05, 0) is 38.5 Å². The molecule has 0 atom stereocenters. The topological polar surface area (TPSA) is 20.2 Å². The molecule has 1 rings (SSSR count). The summed E-state index contributed by atoms with van der Waals surface area (Å²) >= 11 is 0. The first-order chi connectivity index (χ1) is 12.1. The highest BCUT2D eigenvalue weighted by Crippen LogP contribution is 2.51. The van der Waals surface area contributed by atoms with Gasteiger partial charge >= 0.3 is 0 Å². The van der Waals surface area contributed by atoms with Crippen LogP contribution in [-0.2, 0) is 0 Å². The van der Waals surface area contributed by atoms with Gasteiger partial charge in [-0.25, -0.2) is 0 Å². The third-order valence-corrected chi connectivity index (χ3v) is 4.91. The third kappa shape index (κ3) is 7.30. The molecule has 1 N–H and O–H groups in total. The van der Waals surface area contributed by atoms with Gasteiger partial charge in [-0.15, -0.1) is 0 Å². The lowest BCUT2D eigenvalue weighted by molar-refractivity contribution is 0.141. The first kappa shape index (κ1) is 21.9. The summed E-state index contributed by atoms with van der Waals surface area (Å²) in [5.74, 6) is 12.9. The van der Waals surface area contributed by atoms with Crippen LogP contribution in [0.5, 0.6) is 0 Å². The summed E-state index contributed by atoms with van der Waals surface area (Å²) in [6.45, 7) is 8.80. The summed E-state index contributed by atoms with van der Waals surface area (Å²) in [6.07, 6.45) is 13.2. The van der Waals surface area contributed by atoms with E-state index in [0.717, 1.165) is 51.4 Å². The van der Waals surface area contributed by atoms with Crippen molar-refractivity contribution >= 4 is 0 Å². The van der Waals surface area contributed by atoms with E-state index >= 15 is 0 Å². The molecule has 0 saturated carbocycles. The van der Waals surface area contributed by atoms with E-state index in [1.54, 1.807) is 0 Å². The number of hydrogen-bond acceptors (Lipinski definition) is 1. The monoisotopic (exact) mass is 342 g/mol. The molecule has 0 aromatic carbocycles. The lowest BCUT2D eigenvalue weighted by atomic mass is 9.91. The molecule has 0 aromatic heterocycles. The van der Waals surface area contributed by atoms with Crippen LogP contribution in [0.4, 0.5) is 0 Å². The molecular weight excluding hydrogens is 304 g/mol. The highest BCUT2D eigenvalue weighted by Gasteiger charge is 2.48. The standard InChI is InChI=1S/C24H38O/c1-5-9-13-15-19-24(25,20-16-14-10-6-2)23-21(17-11-7-3)22(23)18-12-8-4/h23,25H,5-14,17-18H2,1-4H3. The maximum atomic E-state index is 11.3. The van der Waals surface area contributed by atoms with Crippen LogP contribution < -0.4 is 0 Å². The highest BCUT2D eigenvalue weighted by molar-refractivity contribution is 5.52. The molecule has 0 bridgehead atoms. The second-order valence-corrected chi connectivity index (χ2v) is 7.27. The second kappa shape index (κ2) is 12.2. The molecule has 1 aliphatic rings. The maximum absolute atomic E-state index is 11.3. The van der Waals surface area contributed by atoms with Crippen molar-refractivity contribution in [3.63, 3.8) is 0 Å². The highest BCUT2D eigenvalue weighted by atomic mass is 16.3. The van der Waals surface area contributed by atoms with Crippen molar-refractivity contribution in [2.75, 3.05) is 0 Å². The summed E-state index contributed by atoms with van der Waals surface area (Å²) in [7, 11) is 0. The van der Waals surface area contributed by atoms with E-state index in [4.69, 9.17) is 0 Å². The molecule has 1 nitrogen and oxygen atoms in total. The molecule has 1 aliphatic carbocycles. The van der Waals surface area contributed by atoms with Gasteiger partial charge in [0.2, 0.25) is 0 Å². The van der Waals surface area contributed by atoms with Gasteiger partial charge in [0.15, 0.2) is 5.60 Å². The summed E-state index contributed by atoms with van der Waals surface area (Å²) < 4.78 is 0. The fourth-order valence-corrected chi connectivity index (χ4v) is 3.27. The minimum Gasteiger partial charge on any atom is -0.366 e. The lowest BCUT2D eigenvalue weighted by Crippen LogP contribution is -2.30. The van der Waals surface area contributed by atoms with Gasteiger partial charge in [0.05, 0.1) is 5.92 Å². The van der Waals surface area contributed by atoms with Gasteiger partial charge in [0.25, 0.3) is 0 Å². The Morgan fingerprint density at radius 2 is 1.12 bits per heavy atom. The zero-order valence-corrected chi connectivity index (χ0v) is 17.0. The molecule has 0 radical (unpaired) electrons. The van der Waals surface area contributed by atoms with Crippen molar-refractivity contribution in [2.24, 2.45) is 5.92 Å². The minimum atomic E-state index is -1.15. The van der Waals surface area contributed by atoms with Crippen LogP contribution in [0, 0.1) is 29.6 Å². The largest absolute Gasteiger partial charge is 0.366 e. The predicted octanol–water partition coefficient (Wildman–Crippen LogP) is 6.41. The van der Waals surface area contributed by atoms with E-state index in [0.29, 0.717) is 0 Å². The van der Waals surface area contributed by atoms with E-state index in [-0.39, 0.29) is 5.92 Å². The van der Waals surface area contributed by atoms with Gasteiger partial charge < -0.3 is 5.11 Å². The Morgan fingerprint density at radius 1 is 0.720 bits per heavy atom. The summed E-state index contributed by atoms with van der Waals surface area (Å²) in [4.78, 5) is 0. The van der Waals surface area contributed by atoms with Crippen LogP contribution in [0.25, 0.3) is 0 Å². The Balaban J connectivity index is 2.91. The quantitative estimate of drug-likeness (QED) is 0.261. The Morgan fingerprint density at radius 3 is 1.48 bits per heavy atom. The fourth-order valence-electron chi connectivity index (χ4n) is 3.27. The van der Waals surface area contributed by atoms with Gasteiger partial charge in [0, 0.05) is 12.8 Å². The molecule has 0 amide bonds. The summed E-state index contributed by atoms with van der Waals surface area (Å²) in [5.41, 5.74) is 1.76. The van der Waals surface area contributed by atoms with Gasteiger partial charge in [-0.2, -0.15) is 0 Å². The predicted molar refractivity (Wildman–Crippen MR) is 109 cm³/mol. The van der Waals surface area contributed by atoms with Crippen LogP contribution in [0.15, 0.2) is 11.1 Å². The lowest BCUT2D eigenvalue weighted by Gasteiger charge is -2.18. The van der Waals surface area contributed by atoms with Crippen molar-refractivity contribution in [2.45, 2.75) is 110 Å². The first-order valence-corrected chi connectivity index (χ1v) is 10.6. The van der Waals surface area contributed by atoms with E-state index in [9.17, 15) is 5.11 Å². The Hall–Kier alpha value is -1.18. The Bertz CT molecular complexity index is 488. The molecule has 140 valence electrons. The SMILES string of the molecule is CCCCC#CC(O)(C#CCCCC)C1C(CCCC)=C1CCCC. The molecule has 0 aromatic rings. The Labute approximate surface area is 156 Å². The first-order valence-electron chi connectivity index (χ1n) is 10.6. The third-order valence-electron chi connectivity index (χ3n) is 4.91. The zero-order valence-electron chi connectivity index (χ0n) is 17.0. The number of aliphatic hydroxyl groups is 1. The van der Waals surface area contributed by atoms with E-state index < -0.39 is 5.60 Å². The second-order valence-electron chi connectivity index (χ2n) is 7.27. The average Bonchev–Trinajstić information content (AvgIpc) is 3.32. The number of hydrogen-bond donors (Lipinski definition) is 1. The molecule has 25 heavy (non-hydrogen) atoms. The Kier molecular flexibility index (Phi) is 10.7. The van der Waals surface area contributed by atoms with Gasteiger partial charge in [-0.3, -0.25) is 0 Å². The maximum Gasteiger partial charge on any atom is 0.197 e. The fraction of sp³-hybridized carbons (Fsp3) is 0.750. The smallest absolute Gasteiger partial charge is 0.197 e. The van der Waals surface area contributed by atoms with Crippen molar-refractivity contribution in [1.29, 1.82) is 0 Å². The van der Waals surface area contributed by atoms with E-state index in [1.807, 2.05) is 0 Å². The van der Waals surface area contributed by atoms with Gasteiger partial charge in [-0.1, -0.05) is 88.2 Å². The van der Waals surface area contributed by atoms with Crippen molar-refractivity contribution in [3.05, 3.63) is 11.1 Å². The number of rotatable bonds is 11. The summed E-state index contributed by atoms with van der Waals surface area (Å²) in [5, 5.41) is 11.3. The molecule has 1 heteroatoms.